The van der Waals surface area contributed by atoms with Crippen LogP contribution in [0.15, 0.2) is 30.6 Å². The number of amides is 2. The Labute approximate surface area is 225 Å². The van der Waals surface area contributed by atoms with Crippen molar-refractivity contribution in [1.29, 1.82) is 0 Å². The van der Waals surface area contributed by atoms with Crippen molar-refractivity contribution >= 4 is 23.3 Å². The number of fused-ring (bicyclic) bond motifs is 3. The van der Waals surface area contributed by atoms with Crippen LogP contribution in [0.25, 0.3) is 0 Å². The first-order valence-electron chi connectivity index (χ1n) is 14.0. The summed E-state index contributed by atoms with van der Waals surface area (Å²) in [5, 5.41) is 4.22. The Morgan fingerprint density at radius 2 is 1.76 bits per heavy atom. The Morgan fingerprint density at radius 3 is 2.39 bits per heavy atom. The summed E-state index contributed by atoms with van der Waals surface area (Å²) >= 11 is 0. The van der Waals surface area contributed by atoms with Crippen LogP contribution < -0.4 is 9.80 Å². The summed E-state index contributed by atoms with van der Waals surface area (Å²) < 4.78 is 7.15. The highest BCUT2D eigenvalue weighted by atomic mass is 16.5. The summed E-state index contributed by atoms with van der Waals surface area (Å²) in [5.74, 6) is 0.974. The molecule has 6 rings (SSSR count). The van der Waals surface area contributed by atoms with Gasteiger partial charge in [0, 0.05) is 45.3 Å². The van der Waals surface area contributed by atoms with E-state index in [1.165, 1.54) is 46.2 Å². The lowest BCUT2D eigenvalue weighted by atomic mass is 10.0. The molecule has 0 spiro atoms. The van der Waals surface area contributed by atoms with Gasteiger partial charge < -0.3 is 19.4 Å². The summed E-state index contributed by atoms with van der Waals surface area (Å²) in [6.45, 7) is 7.96. The smallest absolute Gasteiger partial charge is 0.344 e. The van der Waals surface area contributed by atoms with Crippen molar-refractivity contribution in [2.24, 2.45) is 11.8 Å². The molecule has 0 radical (unpaired) electrons. The first kappa shape index (κ1) is 25.4. The Morgan fingerprint density at radius 1 is 1.08 bits per heavy atom. The van der Waals surface area contributed by atoms with E-state index in [2.05, 4.69) is 47.1 Å². The molecule has 2 aromatic rings. The van der Waals surface area contributed by atoms with Gasteiger partial charge in [-0.15, -0.1) is 0 Å². The molecule has 3 aliphatic heterocycles. The average Bonchev–Trinajstić information content (AvgIpc) is 3.65. The van der Waals surface area contributed by atoms with E-state index in [4.69, 9.17) is 4.74 Å². The van der Waals surface area contributed by atoms with E-state index in [0.29, 0.717) is 35.6 Å². The largest absolute Gasteiger partial charge is 0.377 e. The number of aromatic nitrogens is 2. The zero-order chi connectivity index (χ0) is 26.6. The van der Waals surface area contributed by atoms with Crippen LogP contribution in [-0.4, -0.2) is 90.0 Å². The fourth-order valence-electron chi connectivity index (χ4n) is 7.25. The number of ether oxygens (including phenoxy) is 1. The Kier molecular flexibility index (Phi) is 6.68. The number of hydrogen-bond donors (Lipinski definition) is 0. The lowest BCUT2D eigenvalue weighted by molar-refractivity contribution is -0.116. The molecule has 4 fully saturated rings. The number of rotatable bonds is 5. The van der Waals surface area contributed by atoms with Crippen LogP contribution in [0.3, 0.4) is 0 Å². The van der Waals surface area contributed by atoms with Crippen LogP contribution in [0.2, 0.25) is 0 Å². The Balaban J connectivity index is 1.03. The number of benzene rings is 1. The van der Waals surface area contributed by atoms with E-state index >= 15 is 0 Å². The summed E-state index contributed by atoms with van der Waals surface area (Å²) in [6, 6.07) is 8.52. The van der Waals surface area contributed by atoms with Crippen LogP contribution in [0.1, 0.15) is 43.7 Å². The summed E-state index contributed by atoms with van der Waals surface area (Å²) in [6.07, 6.45) is 7.93. The van der Waals surface area contributed by atoms with E-state index in [1.54, 1.807) is 19.4 Å². The van der Waals surface area contributed by atoms with Crippen molar-refractivity contribution in [1.82, 2.24) is 19.6 Å². The van der Waals surface area contributed by atoms with Crippen LogP contribution in [0.5, 0.6) is 0 Å². The predicted octanol–water partition coefficient (Wildman–Crippen LogP) is 3.35. The maximum Gasteiger partial charge on any atom is 0.344 e. The second kappa shape index (κ2) is 10.0. The third kappa shape index (κ3) is 4.60. The number of carbonyl (C=O) groups excluding carboxylic acids is 2. The van der Waals surface area contributed by atoms with Crippen molar-refractivity contribution in [2.75, 3.05) is 50.2 Å². The minimum atomic E-state index is -0.100. The monoisotopic (exact) mass is 520 g/mol. The van der Waals surface area contributed by atoms with E-state index in [9.17, 15) is 9.59 Å². The summed E-state index contributed by atoms with van der Waals surface area (Å²) in [5.41, 5.74) is 4.74. The standard InChI is InChI=1S/C29H40N6O3/c1-19-9-21(5-8-28(19)35-24-6-7-25(35)18-38-17-24)13-31(3)26-10-22-14-33(15-23(22)11-26)29(37)34-16-27(12-30-34)32(4)20(2)36/h5,8-9,12,16,22-26H,6-7,10-11,13-15,17-18H2,1-4H3/t22-,23+,24?,25?,26?. The zero-order valence-electron chi connectivity index (χ0n) is 23.0. The van der Waals surface area contributed by atoms with Crippen LogP contribution in [-0.2, 0) is 16.1 Å². The Bertz CT molecular complexity index is 1180. The molecule has 204 valence electrons. The van der Waals surface area contributed by atoms with Gasteiger partial charge in [0.2, 0.25) is 5.91 Å². The van der Waals surface area contributed by atoms with E-state index in [-0.39, 0.29) is 11.9 Å². The Hall–Kier alpha value is -2.91. The first-order chi connectivity index (χ1) is 18.3. The molecule has 4 aliphatic rings. The topological polar surface area (TPSA) is 74.2 Å². The van der Waals surface area contributed by atoms with Gasteiger partial charge >= 0.3 is 6.03 Å². The third-order valence-electron chi connectivity index (χ3n) is 9.46. The molecular formula is C29H40N6O3. The fraction of sp³-hybridized carbons (Fsp3) is 0.621. The molecule has 1 aliphatic carbocycles. The van der Waals surface area contributed by atoms with Gasteiger partial charge in [0.25, 0.3) is 0 Å². The number of nitrogens with zero attached hydrogens (tertiary/aromatic N) is 6. The number of hydrogen-bond acceptors (Lipinski definition) is 6. The quantitative estimate of drug-likeness (QED) is 0.602. The van der Waals surface area contributed by atoms with Crippen LogP contribution in [0, 0.1) is 18.8 Å². The molecule has 0 N–H and O–H groups in total. The third-order valence-corrected chi connectivity index (χ3v) is 9.46. The molecule has 3 saturated heterocycles. The lowest BCUT2D eigenvalue weighted by Crippen LogP contribution is -2.46. The van der Waals surface area contributed by atoms with E-state index in [0.717, 1.165) is 45.7 Å². The molecule has 5 atom stereocenters. The van der Waals surface area contributed by atoms with Crippen molar-refractivity contribution in [3.63, 3.8) is 0 Å². The number of morpholine rings is 1. The molecule has 38 heavy (non-hydrogen) atoms. The second-order valence-electron chi connectivity index (χ2n) is 11.9. The highest BCUT2D eigenvalue weighted by Crippen LogP contribution is 2.41. The molecular weight excluding hydrogens is 480 g/mol. The lowest BCUT2D eigenvalue weighted by Gasteiger charge is -2.37. The van der Waals surface area contributed by atoms with Gasteiger partial charge in [-0.1, -0.05) is 12.1 Å². The zero-order valence-corrected chi connectivity index (χ0v) is 23.0. The fourth-order valence-corrected chi connectivity index (χ4v) is 7.25. The van der Waals surface area contributed by atoms with Gasteiger partial charge in [0.05, 0.1) is 43.4 Å². The van der Waals surface area contributed by atoms with Crippen molar-refractivity contribution in [3.8, 4) is 0 Å². The van der Waals surface area contributed by atoms with Gasteiger partial charge in [-0.25, -0.2) is 4.79 Å². The summed E-state index contributed by atoms with van der Waals surface area (Å²) in [4.78, 5) is 33.2. The number of carbonyl (C=O) groups is 2. The number of aryl methyl sites for hydroxylation is 1. The maximum atomic E-state index is 13.1. The maximum absolute atomic E-state index is 13.1. The molecule has 9 nitrogen and oxygen atoms in total. The minimum Gasteiger partial charge on any atom is -0.377 e. The van der Waals surface area contributed by atoms with Crippen molar-refractivity contribution in [3.05, 3.63) is 41.7 Å². The SMILES string of the molecule is CC(=O)N(C)c1cnn(C(=O)N2C[C@H]3CC(N(C)Cc4ccc(N5C6CCC5COC6)c(C)c4)C[C@H]3C2)c1. The van der Waals surface area contributed by atoms with E-state index in [1.807, 2.05) is 4.90 Å². The number of likely N-dealkylation sites (tertiary alicyclic amines) is 1. The molecule has 1 saturated carbocycles. The molecule has 3 unspecified atom stereocenters. The van der Waals surface area contributed by atoms with Gasteiger partial charge in [-0.05, 0) is 68.7 Å². The average molecular weight is 521 g/mol. The molecule has 1 aromatic heterocycles. The predicted molar refractivity (Wildman–Crippen MR) is 146 cm³/mol. The minimum absolute atomic E-state index is 0.0852. The molecule has 4 heterocycles. The first-order valence-corrected chi connectivity index (χ1v) is 14.0. The highest BCUT2D eigenvalue weighted by molar-refractivity contribution is 5.91. The van der Waals surface area contributed by atoms with Gasteiger partial charge in [0.1, 0.15) is 0 Å². The highest BCUT2D eigenvalue weighted by Gasteiger charge is 2.44. The normalized spacial score (nSPS) is 28.3. The van der Waals surface area contributed by atoms with Crippen molar-refractivity contribution < 1.29 is 14.3 Å². The van der Waals surface area contributed by atoms with Gasteiger partial charge in [0.15, 0.2) is 0 Å². The van der Waals surface area contributed by atoms with Crippen LogP contribution >= 0.6 is 0 Å². The van der Waals surface area contributed by atoms with Crippen molar-refractivity contribution in [2.45, 2.75) is 64.2 Å². The number of anilines is 2. The van der Waals surface area contributed by atoms with Gasteiger partial charge in [-0.3, -0.25) is 9.69 Å². The molecule has 2 amide bonds. The summed E-state index contributed by atoms with van der Waals surface area (Å²) in [7, 11) is 3.94. The van der Waals surface area contributed by atoms with E-state index < -0.39 is 0 Å². The van der Waals surface area contributed by atoms with Crippen LogP contribution in [0.4, 0.5) is 16.2 Å². The second-order valence-corrected chi connectivity index (χ2v) is 11.9. The molecule has 2 bridgehead atoms. The van der Waals surface area contributed by atoms with Gasteiger partial charge in [-0.2, -0.15) is 9.78 Å². The molecule has 1 aromatic carbocycles. The molecule has 9 heteroatoms.